The first-order valence-electron chi connectivity index (χ1n) is 13.8. The predicted octanol–water partition coefficient (Wildman–Crippen LogP) is 6.23. The number of sulfonamides is 1. The van der Waals surface area contributed by atoms with E-state index in [0.717, 1.165) is 42.0 Å². The number of hydrogen-bond donors (Lipinski definition) is 1. The van der Waals surface area contributed by atoms with E-state index in [1.807, 2.05) is 19.1 Å². The fourth-order valence-corrected chi connectivity index (χ4v) is 6.86. The Morgan fingerprint density at radius 2 is 1.63 bits per heavy atom. The molecule has 1 N–H and O–H groups in total. The van der Waals surface area contributed by atoms with Gasteiger partial charge in [-0.2, -0.15) is 0 Å². The van der Waals surface area contributed by atoms with Crippen LogP contribution in [-0.2, 0) is 32.6 Å². The van der Waals surface area contributed by atoms with Gasteiger partial charge < -0.3 is 10.2 Å². The van der Waals surface area contributed by atoms with Crippen LogP contribution >= 0.6 is 23.2 Å². The molecule has 0 saturated heterocycles. The van der Waals surface area contributed by atoms with Crippen LogP contribution in [-0.4, -0.2) is 43.8 Å². The molecular formula is C31H35Cl2N3O4S. The normalized spacial score (nSPS) is 14.4. The van der Waals surface area contributed by atoms with E-state index >= 15 is 0 Å². The number of nitrogens with zero attached hydrogens (tertiary/aromatic N) is 2. The zero-order chi connectivity index (χ0) is 29.6. The van der Waals surface area contributed by atoms with Crippen molar-refractivity contribution < 1.29 is 18.0 Å². The molecule has 0 spiro atoms. The Balaban J connectivity index is 1.69. The molecule has 1 atom stereocenters. The van der Waals surface area contributed by atoms with E-state index in [4.69, 9.17) is 23.2 Å². The van der Waals surface area contributed by atoms with Crippen molar-refractivity contribution in [2.75, 3.05) is 10.8 Å². The smallest absolute Gasteiger partial charge is 0.264 e. The summed E-state index contributed by atoms with van der Waals surface area (Å²) < 4.78 is 28.8. The molecule has 1 fully saturated rings. The summed E-state index contributed by atoms with van der Waals surface area (Å²) in [7, 11) is -4.11. The van der Waals surface area contributed by atoms with Crippen molar-refractivity contribution in [3.05, 3.63) is 94.0 Å². The molecule has 0 aromatic heterocycles. The summed E-state index contributed by atoms with van der Waals surface area (Å²) in [6.45, 7) is 3.16. The highest BCUT2D eigenvalue weighted by Gasteiger charge is 2.33. The third-order valence-corrected chi connectivity index (χ3v) is 9.84. The Bertz CT molecular complexity index is 1460. The lowest BCUT2D eigenvalue weighted by Gasteiger charge is -2.32. The van der Waals surface area contributed by atoms with Gasteiger partial charge in [0.25, 0.3) is 10.0 Å². The molecule has 0 aliphatic heterocycles. The van der Waals surface area contributed by atoms with E-state index in [1.165, 1.54) is 17.0 Å². The molecule has 0 heterocycles. The lowest BCUT2D eigenvalue weighted by molar-refractivity contribution is -0.139. The molecular weight excluding hydrogens is 581 g/mol. The molecule has 1 aliphatic rings. The molecule has 7 nitrogen and oxygen atoms in total. The third kappa shape index (κ3) is 7.61. The van der Waals surface area contributed by atoms with Gasteiger partial charge in [0.2, 0.25) is 11.8 Å². The molecule has 4 rings (SSSR count). The Kier molecular flexibility index (Phi) is 10.3. The van der Waals surface area contributed by atoms with E-state index in [1.54, 1.807) is 55.5 Å². The number of halogens is 2. The number of anilines is 1. The lowest BCUT2D eigenvalue weighted by Crippen LogP contribution is -2.52. The zero-order valence-electron chi connectivity index (χ0n) is 23.2. The van der Waals surface area contributed by atoms with Gasteiger partial charge in [-0.25, -0.2) is 8.42 Å². The van der Waals surface area contributed by atoms with Crippen LogP contribution in [0.4, 0.5) is 5.69 Å². The van der Waals surface area contributed by atoms with Gasteiger partial charge in [-0.15, -0.1) is 0 Å². The molecule has 1 saturated carbocycles. The van der Waals surface area contributed by atoms with Crippen LogP contribution in [0, 0.1) is 0 Å². The molecule has 218 valence electrons. The van der Waals surface area contributed by atoms with Crippen molar-refractivity contribution in [1.82, 2.24) is 10.2 Å². The molecule has 41 heavy (non-hydrogen) atoms. The summed E-state index contributed by atoms with van der Waals surface area (Å²) >= 11 is 12.5. The Labute approximate surface area is 252 Å². The topological polar surface area (TPSA) is 86.8 Å². The summed E-state index contributed by atoms with van der Waals surface area (Å²) in [6, 6.07) is 19.2. The van der Waals surface area contributed by atoms with Gasteiger partial charge in [0, 0.05) is 22.6 Å². The number of aryl methyl sites for hydroxylation is 1. The monoisotopic (exact) mass is 615 g/mol. The molecule has 0 bridgehead atoms. The maximum atomic E-state index is 14.1. The van der Waals surface area contributed by atoms with Crippen LogP contribution in [0.3, 0.4) is 0 Å². The average molecular weight is 617 g/mol. The number of hydrogen-bond acceptors (Lipinski definition) is 4. The zero-order valence-corrected chi connectivity index (χ0v) is 25.6. The van der Waals surface area contributed by atoms with Gasteiger partial charge >= 0.3 is 0 Å². The second-order valence-electron chi connectivity index (χ2n) is 10.3. The quantitative estimate of drug-likeness (QED) is 0.277. The molecule has 3 aromatic carbocycles. The molecule has 1 aliphatic carbocycles. The van der Waals surface area contributed by atoms with Crippen molar-refractivity contribution in [3.8, 4) is 0 Å². The summed E-state index contributed by atoms with van der Waals surface area (Å²) in [5.74, 6) is -0.829. The van der Waals surface area contributed by atoms with Crippen molar-refractivity contribution in [1.29, 1.82) is 0 Å². The fraction of sp³-hybridized carbons (Fsp3) is 0.355. The highest BCUT2D eigenvalue weighted by molar-refractivity contribution is 7.92. The first-order chi connectivity index (χ1) is 19.6. The van der Waals surface area contributed by atoms with Crippen molar-refractivity contribution in [3.63, 3.8) is 0 Å². The minimum atomic E-state index is -4.11. The number of carbonyl (C=O) groups excluding carboxylic acids is 2. The first kappa shape index (κ1) is 30.9. The van der Waals surface area contributed by atoms with Gasteiger partial charge in [-0.1, -0.05) is 79.4 Å². The van der Waals surface area contributed by atoms with Crippen LogP contribution in [0.15, 0.2) is 77.7 Å². The highest BCUT2D eigenvalue weighted by Crippen LogP contribution is 2.27. The number of benzene rings is 3. The average Bonchev–Trinajstić information content (AvgIpc) is 3.48. The molecule has 0 unspecified atom stereocenters. The van der Waals surface area contributed by atoms with Crippen LogP contribution in [0.2, 0.25) is 10.0 Å². The van der Waals surface area contributed by atoms with Crippen LogP contribution < -0.4 is 9.62 Å². The maximum Gasteiger partial charge on any atom is 0.264 e. The molecule has 2 amide bonds. The van der Waals surface area contributed by atoms with Crippen LogP contribution in [0.5, 0.6) is 0 Å². The van der Waals surface area contributed by atoms with Gasteiger partial charge in [-0.3, -0.25) is 13.9 Å². The van der Waals surface area contributed by atoms with Gasteiger partial charge in [0.05, 0.1) is 10.6 Å². The van der Waals surface area contributed by atoms with Gasteiger partial charge in [0.1, 0.15) is 12.6 Å². The summed E-state index contributed by atoms with van der Waals surface area (Å²) in [5, 5.41) is 3.85. The second kappa shape index (κ2) is 13.7. The maximum absolute atomic E-state index is 14.1. The molecule has 10 heteroatoms. The fourth-order valence-electron chi connectivity index (χ4n) is 4.95. The number of nitrogens with one attached hydrogen (secondary N) is 1. The summed E-state index contributed by atoms with van der Waals surface area (Å²) in [5.41, 5.74) is 1.98. The third-order valence-electron chi connectivity index (χ3n) is 7.47. The SMILES string of the molecule is CCc1ccc(N(CC(=O)N(Cc2ccc(Cl)cc2Cl)[C@H](C)C(=O)NC2CCCC2)S(=O)(=O)c2ccccc2)cc1. The number of carbonyl (C=O) groups is 2. The number of rotatable bonds is 11. The van der Waals surface area contributed by atoms with Crippen LogP contribution in [0.25, 0.3) is 0 Å². The molecule has 0 radical (unpaired) electrons. The van der Waals surface area contributed by atoms with Gasteiger partial charge in [0.15, 0.2) is 0 Å². The van der Waals surface area contributed by atoms with E-state index in [2.05, 4.69) is 5.32 Å². The van der Waals surface area contributed by atoms with E-state index in [0.29, 0.717) is 21.3 Å². The minimum Gasteiger partial charge on any atom is -0.352 e. The summed E-state index contributed by atoms with van der Waals surface area (Å²) in [6.07, 6.45) is 4.67. The van der Waals surface area contributed by atoms with Crippen molar-refractivity contribution >= 4 is 50.7 Å². The van der Waals surface area contributed by atoms with Gasteiger partial charge in [-0.05, 0) is 73.7 Å². The Morgan fingerprint density at radius 1 is 0.976 bits per heavy atom. The van der Waals surface area contributed by atoms with E-state index in [-0.39, 0.29) is 23.4 Å². The second-order valence-corrected chi connectivity index (χ2v) is 13.0. The number of amides is 2. The van der Waals surface area contributed by atoms with Crippen LogP contribution in [0.1, 0.15) is 50.7 Å². The predicted molar refractivity (Wildman–Crippen MR) is 164 cm³/mol. The standard InChI is InChI=1S/C31H35Cl2N3O4S/c1-3-23-13-17-27(18-14-23)36(41(39,40)28-11-5-4-6-12-28)21-30(37)35(20-24-15-16-25(32)19-29(24)33)22(2)31(38)34-26-9-7-8-10-26/h4-6,11-19,22,26H,3,7-10,20-21H2,1-2H3,(H,34,38)/t22-/m1/s1. The Morgan fingerprint density at radius 3 is 2.24 bits per heavy atom. The van der Waals surface area contributed by atoms with E-state index in [9.17, 15) is 18.0 Å². The van der Waals surface area contributed by atoms with E-state index < -0.39 is 28.5 Å². The first-order valence-corrected chi connectivity index (χ1v) is 16.0. The van der Waals surface area contributed by atoms with Crippen molar-refractivity contribution in [2.24, 2.45) is 0 Å². The summed E-state index contributed by atoms with van der Waals surface area (Å²) in [4.78, 5) is 28.8. The minimum absolute atomic E-state index is 0.00207. The van der Waals surface area contributed by atoms with Crippen molar-refractivity contribution in [2.45, 2.75) is 69.5 Å². The highest BCUT2D eigenvalue weighted by atomic mass is 35.5. The lowest BCUT2D eigenvalue weighted by atomic mass is 10.1. The Hall–Kier alpha value is -3.07. The largest absolute Gasteiger partial charge is 0.352 e. The molecule has 3 aromatic rings.